The Balaban J connectivity index is 1.37. The number of aromatic nitrogens is 2. The lowest BCUT2D eigenvalue weighted by atomic mass is 10.1. The minimum Gasteiger partial charge on any atom is -0.339 e. The minimum absolute atomic E-state index is 0.0585. The van der Waals surface area contributed by atoms with Crippen LogP contribution in [0.25, 0.3) is 0 Å². The molecule has 2 heterocycles. The van der Waals surface area contributed by atoms with Crippen LogP contribution in [0.2, 0.25) is 0 Å². The van der Waals surface area contributed by atoms with Crippen LogP contribution in [0.4, 0.5) is 5.69 Å². The number of carbonyl (C=O) groups is 2. The van der Waals surface area contributed by atoms with Crippen molar-refractivity contribution < 1.29 is 9.59 Å². The summed E-state index contributed by atoms with van der Waals surface area (Å²) in [6.45, 7) is 2.32. The molecule has 1 fully saturated rings. The second-order valence-corrected chi connectivity index (χ2v) is 6.93. The third kappa shape index (κ3) is 4.11. The standard InChI is InChI=1S/C22H22N4O2/c27-21(18-6-4-17(5-7-18)16-26-15-3-12-23-26)24-20-10-8-19(9-11-20)22(28)25-13-1-2-14-25/h3-12,15H,1-2,13-14,16H2,(H,24,27). The Morgan fingerprint density at radius 3 is 2.25 bits per heavy atom. The maximum absolute atomic E-state index is 12.5. The van der Waals surface area contributed by atoms with Gasteiger partial charge in [-0.25, -0.2) is 0 Å². The first-order chi connectivity index (χ1) is 13.7. The maximum Gasteiger partial charge on any atom is 0.255 e. The van der Waals surface area contributed by atoms with E-state index in [2.05, 4.69) is 10.4 Å². The Bertz CT molecular complexity index is 941. The molecule has 0 saturated carbocycles. The van der Waals surface area contributed by atoms with E-state index < -0.39 is 0 Å². The molecule has 142 valence electrons. The molecule has 6 nitrogen and oxygen atoms in total. The highest BCUT2D eigenvalue weighted by Gasteiger charge is 2.19. The predicted octanol–water partition coefficient (Wildman–Crippen LogP) is 3.42. The number of nitrogens with zero attached hydrogens (tertiary/aromatic N) is 3. The Labute approximate surface area is 163 Å². The number of anilines is 1. The highest BCUT2D eigenvalue weighted by atomic mass is 16.2. The van der Waals surface area contributed by atoms with Gasteiger partial charge >= 0.3 is 0 Å². The van der Waals surface area contributed by atoms with E-state index in [1.54, 1.807) is 42.6 Å². The summed E-state index contributed by atoms with van der Waals surface area (Å²) in [5.74, 6) is -0.118. The van der Waals surface area contributed by atoms with Crippen molar-refractivity contribution in [3.63, 3.8) is 0 Å². The van der Waals surface area contributed by atoms with Gasteiger partial charge in [0.25, 0.3) is 11.8 Å². The summed E-state index contributed by atoms with van der Waals surface area (Å²) in [6.07, 6.45) is 5.78. The van der Waals surface area contributed by atoms with Gasteiger partial charge < -0.3 is 10.2 Å². The fourth-order valence-electron chi connectivity index (χ4n) is 3.34. The number of hydrogen-bond acceptors (Lipinski definition) is 3. The van der Waals surface area contributed by atoms with Crippen LogP contribution in [-0.4, -0.2) is 39.6 Å². The molecule has 2 amide bonds. The Morgan fingerprint density at radius 2 is 1.61 bits per heavy atom. The average molecular weight is 374 g/mol. The summed E-state index contributed by atoms with van der Waals surface area (Å²) >= 11 is 0. The summed E-state index contributed by atoms with van der Waals surface area (Å²) in [7, 11) is 0. The van der Waals surface area contributed by atoms with Crippen LogP contribution < -0.4 is 5.32 Å². The molecule has 28 heavy (non-hydrogen) atoms. The van der Waals surface area contributed by atoms with Crippen molar-refractivity contribution in [3.8, 4) is 0 Å². The summed E-state index contributed by atoms with van der Waals surface area (Å²) in [4.78, 5) is 26.7. The predicted molar refractivity (Wildman–Crippen MR) is 107 cm³/mol. The van der Waals surface area contributed by atoms with Gasteiger partial charge in [-0.2, -0.15) is 5.10 Å². The Morgan fingerprint density at radius 1 is 0.929 bits per heavy atom. The van der Waals surface area contributed by atoms with Crippen LogP contribution in [0.5, 0.6) is 0 Å². The molecule has 1 aliphatic rings. The van der Waals surface area contributed by atoms with E-state index in [1.807, 2.05) is 34.0 Å². The van der Waals surface area contributed by atoms with E-state index in [0.29, 0.717) is 23.4 Å². The SMILES string of the molecule is O=C(Nc1ccc(C(=O)N2CCCC2)cc1)c1ccc(Cn2cccn2)cc1. The molecule has 1 saturated heterocycles. The van der Waals surface area contributed by atoms with Crippen molar-refractivity contribution in [2.75, 3.05) is 18.4 Å². The zero-order valence-electron chi connectivity index (χ0n) is 15.5. The number of benzene rings is 2. The summed E-state index contributed by atoms with van der Waals surface area (Å²) in [5.41, 5.74) is 2.98. The molecule has 1 aromatic heterocycles. The van der Waals surface area contributed by atoms with Crippen LogP contribution in [0, 0.1) is 0 Å². The third-order valence-corrected chi connectivity index (χ3v) is 4.90. The number of likely N-dealkylation sites (tertiary alicyclic amines) is 1. The molecule has 0 atom stereocenters. The van der Waals surface area contributed by atoms with Gasteiger partial charge in [-0.1, -0.05) is 12.1 Å². The van der Waals surface area contributed by atoms with E-state index in [1.165, 1.54) is 0 Å². The van der Waals surface area contributed by atoms with E-state index in [9.17, 15) is 9.59 Å². The smallest absolute Gasteiger partial charge is 0.255 e. The summed E-state index contributed by atoms with van der Waals surface area (Å²) in [5, 5.41) is 7.06. The van der Waals surface area contributed by atoms with Crippen LogP contribution in [0.3, 0.4) is 0 Å². The van der Waals surface area contributed by atoms with Crippen molar-refractivity contribution in [2.45, 2.75) is 19.4 Å². The van der Waals surface area contributed by atoms with Crippen molar-refractivity contribution in [2.24, 2.45) is 0 Å². The lowest BCUT2D eigenvalue weighted by Crippen LogP contribution is -2.27. The normalized spacial score (nSPS) is 13.5. The largest absolute Gasteiger partial charge is 0.339 e. The third-order valence-electron chi connectivity index (χ3n) is 4.90. The second-order valence-electron chi connectivity index (χ2n) is 6.93. The molecule has 3 aromatic rings. The van der Waals surface area contributed by atoms with Crippen LogP contribution in [-0.2, 0) is 6.54 Å². The van der Waals surface area contributed by atoms with Gasteiger partial charge in [-0.15, -0.1) is 0 Å². The van der Waals surface area contributed by atoms with Crippen LogP contribution >= 0.6 is 0 Å². The van der Waals surface area contributed by atoms with Crippen LogP contribution in [0.15, 0.2) is 67.0 Å². The van der Waals surface area contributed by atoms with Crippen LogP contribution in [0.1, 0.15) is 39.1 Å². The molecular weight excluding hydrogens is 352 g/mol. The molecule has 0 bridgehead atoms. The number of hydrogen-bond donors (Lipinski definition) is 1. The topological polar surface area (TPSA) is 67.2 Å². The Kier molecular flexibility index (Phi) is 5.19. The van der Waals surface area contributed by atoms with E-state index >= 15 is 0 Å². The molecule has 6 heteroatoms. The lowest BCUT2D eigenvalue weighted by Gasteiger charge is -2.15. The van der Waals surface area contributed by atoms with Gasteiger partial charge in [0.15, 0.2) is 0 Å². The highest BCUT2D eigenvalue weighted by Crippen LogP contribution is 2.16. The van der Waals surface area contributed by atoms with Gasteiger partial charge in [0, 0.05) is 42.3 Å². The van der Waals surface area contributed by atoms with Crippen molar-refractivity contribution in [1.29, 1.82) is 0 Å². The van der Waals surface area contributed by atoms with E-state index in [-0.39, 0.29) is 11.8 Å². The fraction of sp³-hybridized carbons (Fsp3) is 0.227. The second kappa shape index (κ2) is 8.08. The first kappa shape index (κ1) is 18.0. The van der Waals surface area contributed by atoms with E-state index in [0.717, 1.165) is 31.5 Å². The lowest BCUT2D eigenvalue weighted by molar-refractivity contribution is 0.0792. The Hall–Kier alpha value is -3.41. The molecule has 1 N–H and O–H groups in total. The summed E-state index contributed by atoms with van der Waals surface area (Å²) < 4.78 is 1.83. The molecule has 4 rings (SSSR count). The molecule has 0 unspecified atom stereocenters. The number of amides is 2. The monoisotopic (exact) mass is 374 g/mol. The van der Waals surface area contributed by atoms with Gasteiger partial charge in [-0.05, 0) is 60.9 Å². The molecule has 1 aliphatic heterocycles. The molecule has 0 spiro atoms. The molecule has 0 radical (unpaired) electrons. The first-order valence-corrected chi connectivity index (χ1v) is 9.46. The summed E-state index contributed by atoms with van der Waals surface area (Å²) in [6, 6.07) is 16.4. The number of rotatable bonds is 5. The van der Waals surface area contributed by atoms with Gasteiger partial charge in [-0.3, -0.25) is 14.3 Å². The van der Waals surface area contributed by atoms with Gasteiger partial charge in [0.05, 0.1) is 6.54 Å². The quantitative estimate of drug-likeness (QED) is 0.744. The number of carbonyl (C=O) groups excluding carboxylic acids is 2. The molecular formula is C22H22N4O2. The molecule has 2 aromatic carbocycles. The zero-order chi connectivity index (χ0) is 19.3. The minimum atomic E-state index is -0.177. The molecule has 0 aliphatic carbocycles. The highest BCUT2D eigenvalue weighted by molar-refractivity contribution is 6.04. The average Bonchev–Trinajstić information content (AvgIpc) is 3.43. The maximum atomic E-state index is 12.5. The fourth-order valence-corrected chi connectivity index (χ4v) is 3.34. The number of nitrogens with one attached hydrogen (secondary N) is 1. The van der Waals surface area contributed by atoms with Gasteiger partial charge in [0.1, 0.15) is 0 Å². The van der Waals surface area contributed by atoms with E-state index in [4.69, 9.17) is 0 Å². The van der Waals surface area contributed by atoms with Crippen molar-refractivity contribution in [3.05, 3.63) is 83.7 Å². The first-order valence-electron chi connectivity index (χ1n) is 9.46. The van der Waals surface area contributed by atoms with Crippen molar-refractivity contribution in [1.82, 2.24) is 14.7 Å². The van der Waals surface area contributed by atoms with Gasteiger partial charge in [0.2, 0.25) is 0 Å². The van der Waals surface area contributed by atoms with Crippen molar-refractivity contribution >= 4 is 17.5 Å². The zero-order valence-corrected chi connectivity index (χ0v) is 15.5.